The molecule has 1 saturated heterocycles. The van der Waals surface area contributed by atoms with Gasteiger partial charge in [0.05, 0.1) is 24.3 Å². The summed E-state index contributed by atoms with van der Waals surface area (Å²) in [5.74, 6) is 0.189. The number of amides is 1. The number of carbonyl (C=O) groups is 1. The van der Waals surface area contributed by atoms with Crippen LogP contribution in [0.3, 0.4) is 0 Å². The lowest BCUT2D eigenvalue weighted by molar-refractivity contribution is -0.117. The first-order chi connectivity index (χ1) is 10.8. The van der Waals surface area contributed by atoms with Crippen molar-refractivity contribution in [3.8, 4) is 0 Å². The molecule has 0 saturated carbocycles. The average molecular weight is 336 g/mol. The number of nitrogens with zero attached hydrogens (tertiary/aromatic N) is 1. The summed E-state index contributed by atoms with van der Waals surface area (Å²) in [5, 5.41) is 3.82. The normalized spacial score (nSPS) is 20.2. The quantitative estimate of drug-likeness (QED) is 0.921. The van der Waals surface area contributed by atoms with E-state index >= 15 is 0 Å². The van der Waals surface area contributed by atoms with Crippen LogP contribution < -0.4 is 5.32 Å². The molecular formula is C16H20N2O4S. The van der Waals surface area contributed by atoms with E-state index in [1.165, 1.54) is 0 Å². The molecule has 0 spiro atoms. The molecule has 1 amide bonds. The van der Waals surface area contributed by atoms with Crippen LogP contribution in [0, 0.1) is 6.92 Å². The molecule has 1 atom stereocenters. The van der Waals surface area contributed by atoms with Gasteiger partial charge in [0, 0.05) is 17.1 Å². The molecule has 1 N–H and O–H groups in total. The van der Waals surface area contributed by atoms with Gasteiger partial charge in [-0.1, -0.05) is 0 Å². The van der Waals surface area contributed by atoms with Crippen molar-refractivity contribution in [1.82, 2.24) is 4.90 Å². The number of fused-ring (bicyclic) bond motifs is 1. The first kappa shape index (κ1) is 16.0. The largest absolute Gasteiger partial charge is 0.464 e. The Morgan fingerprint density at radius 3 is 2.91 bits per heavy atom. The number of likely N-dealkylation sites (N-methyl/N-ethyl adjacent to an activating group) is 1. The topological polar surface area (TPSA) is 79.6 Å². The molecule has 6 nitrogen and oxygen atoms in total. The minimum absolute atomic E-state index is 0.0793. The highest BCUT2D eigenvalue weighted by Crippen LogP contribution is 2.24. The third-order valence-corrected chi connectivity index (χ3v) is 6.03. The molecule has 2 aromatic rings. The second-order valence-electron chi connectivity index (χ2n) is 6.15. The first-order valence-electron chi connectivity index (χ1n) is 7.52. The lowest BCUT2D eigenvalue weighted by Crippen LogP contribution is -2.38. The standard InChI is InChI=1S/C16H20N2O4S/c1-11-9-22-15-4-3-12(7-14(11)15)17-16(19)8-18(2)13-5-6-23(20,21)10-13/h3-4,7,9,13H,5-6,8,10H2,1-2H3,(H,17,19). The molecule has 124 valence electrons. The fourth-order valence-corrected chi connectivity index (χ4v) is 4.72. The number of carbonyl (C=O) groups excluding carboxylic acids is 1. The number of hydrogen-bond donors (Lipinski definition) is 1. The molecule has 23 heavy (non-hydrogen) atoms. The van der Waals surface area contributed by atoms with Crippen LogP contribution in [0.15, 0.2) is 28.9 Å². The number of sulfone groups is 1. The maximum atomic E-state index is 12.2. The van der Waals surface area contributed by atoms with Gasteiger partial charge in [0.1, 0.15) is 5.58 Å². The lowest BCUT2D eigenvalue weighted by atomic mass is 10.2. The van der Waals surface area contributed by atoms with Gasteiger partial charge in [-0.05, 0) is 44.2 Å². The van der Waals surface area contributed by atoms with E-state index in [2.05, 4.69) is 5.32 Å². The smallest absolute Gasteiger partial charge is 0.238 e. The average Bonchev–Trinajstić information content (AvgIpc) is 3.02. The summed E-state index contributed by atoms with van der Waals surface area (Å²) in [4.78, 5) is 14.0. The van der Waals surface area contributed by atoms with Crippen LogP contribution in [0.5, 0.6) is 0 Å². The van der Waals surface area contributed by atoms with Crippen molar-refractivity contribution in [1.29, 1.82) is 0 Å². The Morgan fingerprint density at radius 1 is 1.43 bits per heavy atom. The molecule has 1 unspecified atom stereocenters. The number of rotatable bonds is 4. The van der Waals surface area contributed by atoms with Gasteiger partial charge >= 0.3 is 0 Å². The Morgan fingerprint density at radius 2 is 2.22 bits per heavy atom. The summed E-state index contributed by atoms with van der Waals surface area (Å²) >= 11 is 0. The summed E-state index contributed by atoms with van der Waals surface area (Å²) in [7, 11) is -1.16. The van der Waals surface area contributed by atoms with Crippen LogP contribution in [0.25, 0.3) is 11.0 Å². The SMILES string of the molecule is Cc1coc2ccc(NC(=O)CN(C)C3CCS(=O)(=O)C3)cc12. The van der Waals surface area contributed by atoms with E-state index in [1.54, 1.807) is 19.4 Å². The van der Waals surface area contributed by atoms with Gasteiger partial charge in [0.15, 0.2) is 9.84 Å². The van der Waals surface area contributed by atoms with Gasteiger partial charge in [0.25, 0.3) is 0 Å². The molecular weight excluding hydrogens is 316 g/mol. The minimum atomic E-state index is -2.94. The van der Waals surface area contributed by atoms with E-state index in [4.69, 9.17) is 4.42 Å². The second kappa shape index (κ2) is 5.98. The Labute approximate surface area is 135 Å². The van der Waals surface area contributed by atoms with E-state index in [9.17, 15) is 13.2 Å². The van der Waals surface area contributed by atoms with Crippen LogP contribution in [0.4, 0.5) is 5.69 Å². The summed E-state index contributed by atoms with van der Waals surface area (Å²) in [6.07, 6.45) is 2.27. The number of hydrogen-bond acceptors (Lipinski definition) is 5. The molecule has 1 fully saturated rings. The summed E-state index contributed by atoms with van der Waals surface area (Å²) < 4.78 is 28.4. The summed E-state index contributed by atoms with van der Waals surface area (Å²) in [6.45, 7) is 2.12. The Bertz CT molecular complexity index is 841. The van der Waals surface area contributed by atoms with Crippen LogP contribution in [0.2, 0.25) is 0 Å². The molecule has 0 aliphatic carbocycles. The van der Waals surface area contributed by atoms with E-state index in [-0.39, 0.29) is 30.0 Å². The van der Waals surface area contributed by atoms with Crippen LogP contribution in [0.1, 0.15) is 12.0 Å². The van der Waals surface area contributed by atoms with Crippen molar-refractivity contribution >= 4 is 32.4 Å². The van der Waals surface area contributed by atoms with Crippen LogP contribution in [-0.2, 0) is 14.6 Å². The summed E-state index contributed by atoms with van der Waals surface area (Å²) in [5.41, 5.74) is 2.51. The fourth-order valence-electron chi connectivity index (χ4n) is 2.91. The maximum Gasteiger partial charge on any atom is 0.238 e. The molecule has 0 radical (unpaired) electrons. The first-order valence-corrected chi connectivity index (χ1v) is 9.34. The number of anilines is 1. The number of nitrogens with one attached hydrogen (secondary N) is 1. The zero-order chi connectivity index (χ0) is 16.6. The molecule has 1 aromatic heterocycles. The van der Waals surface area contributed by atoms with Gasteiger partial charge < -0.3 is 9.73 Å². The predicted octanol–water partition coefficient (Wildman–Crippen LogP) is 1.80. The minimum Gasteiger partial charge on any atom is -0.464 e. The molecule has 7 heteroatoms. The van der Waals surface area contributed by atoms with Gasteiger partial charge in [0.2, 0.25) is 5.91 Å². The zero-order valence-corrected chi connectivity index (χ0v) is 14.0. The second-order valence-corrected chi connectivity index (χ2v) is 8.38. The van der Waals surface area contributed by atoms with Crippen molar-refractivity contribution in [2.75, 3.05) is 30.4 Å². The molecule has 1 aliphatic heterocycles. The third-order valence-electron chi connectivity index (χ3n) is 4.28. The highest BCUT2D eigenvalue weighted by Gasteiger charge is 2.31. The maximum absolute atomic E-state index is 12.2. The third kappa shape index (κ3) is 3.56. The highest BCUT2D eigenvalue weighted by molar-refractivity contribution is 7.91. The Hall–Kier alpha value is -1.86. The molecule has 1 aromatic carbocycles. The van der Waals surface area contributed by atoms with Crippen LogP contribution in [-0.4, -0.2) is 50.4 Å². The lowest BCUT2D eigenvalue weighted by Gasteiger charge is -2.22. The molecule has 2 heterocycles. The molecule has 1 aliphatic rings. The van der Waals surface area contributed by atoms with Gasteiger partial charge in [-0.2, -0.15) is 0 Å². The van der Waals surface area contributed by atoms with Gasteiger partial charge in [-0.3, -0.25) is 9.69 Å². The van der Waals surface area contributed by atoms with Gasteiger partial charge in [-0.15, -0.1) is 0 Å². The Balaban J connectivity index is 1.63. The van der Waals surface area contributed by atoms with Crippen molar-refractivity contribution < 1.29 is 17.6 Å². The fraction of sp³-hybridized carbons (Fsp3) is 0.438. The zero-order valence-electron chi connectivity index (χ0n) is 13.2. The van der Waals surface area contributed by atoms with E-state index in [1.807, 2.05) is 24.0 Å². The monoisotopic (exact) mass is 336 g/mol. The predicted molar refractivity (Wildman–Crippen MR) is 89.3 cm³/mol. The summed E-state index contributed by atoms with van der Waals surface area (Å²) in [6, 6.07) is 5.42. The number of aryl methyl sites for hydroxylation is 1. The molecule has 3 rings (SSSR count). The van der Waals surface area contributed by atoms with E-state index in [0.717, 1.165) is 16.5 Å². The van der Waals surface area contributed by atoms with Gasteiger partial charge in [-0.25, -0.2) is 8.42 Å². The van der Waals surface area contributed by atoms with Crippen molar-refractivity contribution in [3.63, 3.8) is 0 Å². The number of benzene rings is 1. The van der Waals surface area contributed by atoms with E-state index < -0.39 is 9.84 Å². The Kier molecular flexibility index (Phi) is 4.16. The van der Waals surface area contributed by atoms with E-state index in [0.29, 0.717) is 12.1 Å². The van der Waals surface area contributed by atoms with Crippen LogP contribution >= 0.6 is 0 Å². The van der Waals surface area contributed by atoms with Crippen molar-refractivity contribution in [2.45, 2.75) is 19.4 Å². The van der Waals surface area contributed by atoms with Crippen molar-refractivity contribution in [3.05, 3.63) is 30.0 Å². The van der Waals surface area contributed by atoms with Crippen molar-refractivity contribution in [2.24, 2.45) is 0 Å². The highest BCUT2D eigenvalue weighted by atomic mass is 32.2. The molecule has 0 bridgehead atoms. The number of furan rings is 1.